The molecule has 2 aliphatic rings. The quantitative estimate of drug-likeness (QED) is 0.301. The SMILES string of the molecule is CCNc1nc2c(N[C@@H]3CCOC3)ncnc2n1[C@@H]1O[C@H](CC(=O)OC)[C@@H](OC(C)O)[C@H]1OC(C)=O. The number of methoxy groups -OCH3 is 1. The number of ether oxygens (including phenoxy) is 5. The van der Waals surface area contributed by atoms with Gasteiger partial charge in [-0.3, -0.25) is 14.2 Å². The largest absolute Gasteiger partial charge is 0.469 e. The Balaban J connectivity index is 1.79. The fraction of sp³-hybridized carbons (Fsp3) is 0.682. The Kier molecular flexibility index (Phi) is 8.18. The van der Waals surface area contributed by atoms with Crippen LogP contribution < -0.4 is 10.6 Å². The molecule has 0 radical (unpaired) electrons. The van der Waals surface area contributed by atoms with Gasteiger partial charge in [-0.1, -0.05) is 0 Å². The standard InChI is InChI=1S/C22H32N6O8/c1-5-23-22-27-16-19(26-13-6-7-33-9-13)24-10-25-20(16)28(22)21-18(35-12(3)30)17(34-11(2)29)14(36-21)8-15(31)32-4/h10-11,13-14,17-18,21,29H,5-9H2,1-4H3,(H,23,27)(H,24,25,26)/t11?,13-,14-,17-,18-,21-/m1/s1. The van der Waals surface area contributed by atoms with E-state index in [1.54, 1.807) is 4.57 Å². The number of nitrogens with one attached hydrogen (secondary N) is 2. The van der Waals surface area contributed by atoms with Crippen molar-refractivity contribution in [2.45, 2.75) is 70.5 Å². The summed E-state index contributed by atoms with van der Waals surface area (Å²) in [4.78, 5) is 37.7. The molecule has 14 nitrogen and oxygen atoms in total. The summed E-state index contributed by atoms with van der Waals surface area (Å²) in [5.74, 6) is -0.204. The van der Waals surface area contributed by atoms with Crippen molar-refractivity contribution in [2.75, 3.05) is 37.5 Å². The molecule has 2 aromatic heterocycles. The summed E-state index contributed by atoms with van der Waals surface area (Å²) in [5.41, 5.74) is 0.897. The molecule has 14 heteroatoms. The van der Waals surface area contributed by atoms with Gasteiger partial charge in [0.2, 0.25) is 5.95 Å². The number of imidazole rings is 1. The summed E-state index contributed by atoms with van der Waals surface area (Å²) in [6.45, 7) is 6.33. The van der Waals surface area contributed by atoms with Crippen molar-refractivity contribution >= 4 is 34.9 Å². The van der Waals surface area contributed by atoms with Crippen molar-refractivity contribution in [3.63, 3.8) is 0 Å². The minimum Gasteiger partial charge on any atom is -0.469 e. The van der Waals surface area contributed by atoms with Crippen molar-refractivity contribution in [1.29, 1.82) is 0 Å². The second-order valence-electron chi connectivity index (χ2n) is 8.55. The van der Waals surface area contributed by atoms with E-state index in [0.29, 0.717) is 42.7 Å². The van der Waals surface area contributed by atoms with Gasteiger partial charge >= 0.3 is 11.9 Å². The molecular formula is C22H32N6O8. The average Bonchev–Trinajstić information content (AvgIpc) is 3.53. The third kappa shape index (κ3) is 5.51. The zero-order valence-corrected chi connectivity index (χ0v) is 20.7. The van der Waals surface area contributed by atoms with Gasteiger partial charge in [0.1, 0.15) is 18.5 Å². The fourth-order valence-electron chi connectivity index (χ4n) is 4.42. The Morgan fingerprint density at radius 2 is 2.14 bits per heavy atom. The molecule has 3 N–H and O–H groups in total. The highest BCUT2D eigenvalue weighted by molar-refractivity contribution is 5.85. The Labute approximate surface area is 207 Å². The number of aromatic nitrogens is 4. The monoisotopic (exact) mass is 508 g/mol. The van der Waals surface area contributed by atoms with E-state index < -0.39 is 42.8 Å². The molecule has 6 atom stereocenters. The maximum absolute atomic E-state index is 12.1. The lowest BCUT2D eigenvalue weighted by Gasteiger charge is -2.26. The van der Waals surface area contributed by atoms with E-state index >= 15 is 0 Å². The number of aliphatic hydroxyl groups excluding tert-OH is 1. The van der Waals surface area contributed by atoms with Crippen LogP contribution in [-0.2, 0) is 33.3 Å². The van der Waals surface area contributed by atoms with Crippen molar-refractivity contribution in [2.24, 2.45) is 0 Å². The van der Waals surface area contributed by atoms with Crippen molar-refractivity contribution in [3.05, 3.63) is 6.33 Å². The first-order valence-electron chi connectivity index (χ1n) is 11.9. The third-order valence-corrected chi connectivity index (χ3v) is 5.87. The number of carbonyl (C=O) groups is 2. The minimum absolute atomic E-state index is 0.0839. The topological polar surface area (TPSA) is 168 Å². The summed E-state index contributed by atoms with van der Waals surface area (Å²) in [5, 5.41) is 16.5. The van der Waals surface area contributed by atoms with Crippen LogP contribution in [0.5, 0.6) is 0 Å². The molecule has 2 fully saturated rings. The van der Waals surface area contributed by atoms with E-state index in [-0.39, 0.29) is 12.5 Å². The Morgan fingerprint density at radius 3 is 2.78 bits per heavy atom. The lowest BCUT2D eigenvalue weighted by molar-refractivity contribution is -0.178. The molecule has 4 heterocycles. The number of hydrogen-bond donors (Lipinski definition) is 3. The van der Waals surface area contributed by atoms with Crippen LogP contribution in [0.25, 0.3) is 11.2 Å². The predicted octanol–water partition coefficient (Wildman–Crippen LogP) is 0.575. The molecule has 0 bridgehead atoms. The normalized spacial score (nSPS) is 26.6. The Morgan fingerprint density at radius 1 is 1.33 bits per heavy atom. The number of nitrogens with zero attached hydrogens (tertiary/aromatic N) is 4. The summed E-state index contributed by atoms with van der Waals surface area (Å²) >= 11 is 0. The summed E-state index contributed by atoms with van der Waals surface area (Å²) in [6.07, 6.45) is -3.03. The van der Waals surface area contributed by atoms with Crippen LogP contribution >= 0.6 is 0 Å². The molecule has 4 rings (SSSR count). The van der Waals surface area contributed by atoms with Gasteiger partial charge in [-0.05, 0) is 20.3 Å². The molecule has 2 aliphatic heterocycles. The number of hydrogen-bond acceptors (Lipinski definition) is 13. The van der Waals surface area contributed by atoms with Gasteiger partial charge in [0, 0.05) is 20.1 Å². The molecular weight excluding hydrogens is 476 g/mol. The van der Waals surface area contributed by atoms with Gasteiger partial charge in [-0.15, -0.1) is 0 Å². The lowest BCUT2D eigenvalue weighted by atomic mass is 10.1. The van der Waals surface area contributed by atoms with Crippen molar-refractivity contribution in [1.82, 2.24) is 19.5 Å². The highest BCUT2D eigenvalue weighted by Gasteiger charge is 2.51. The number of esters is 2. The van der Waals surface area contributed by atoms with Crippen LogP contribution in [0.2, 0.25) is 0 Å². The van der Waals surface area contributed by atoms with Crippen molar-refractivity contribution in [3.8, 4) is 0 Å². The fourth-order valence-corrected chi connectivity index (χ4v) is 4.42. The number of carbonyl (C=O) groups excluding carboxylic acids is 2. The predicted molar refractivity (Wildman–Crippen MR) is 125 cm³/mol. The van der Waals surface area contributed by atoms with Gasteiger partial charge in [0.15, 0.2) is 35.6 Å². The molecule has 36 heavy (non-hydrogen) atoms. The molecule has 198 valence electrons. The molecule has 0 amide bonds. The molecule has 0 spiro atoms. The second kappa shape index (κ2) is 11.3. The highest BCUT2D eigenvalue weighted by Crippen LogP contribution is 2.40. The molecule has 0 aliphatic carbocycles. The van der Waals surface area contributed by atoms with Gasteiger partial charge < -0.3 is 39.4 Å². The number of rotatable bonds is 10. The first-order valence-corrected chi connectivity index (χ1v) is 11.9. The van der Waals surface area contributed by atoms with Crippen LogP contribution in [0.3, 0.4) is 0 Å². The van der Waals surface area contributed by atoms with E-state index in [2.05, 4.69) is 20.6 Å². The molecule has 2 aromatic rings. The minimum atomic E-state index is -1.21. The highest BCUT2D eigenvalue weighted by atomic mass is 16.7. The second-order valence-corrected chi connectivity index (χ2v) is 8.55. The Bertz CT molecular complexity index is 1070. The first kappa shape index (κ1) is 26.0. The maximum Gasteiger partial charge on any atom is 0.308 e. The molecule has 1 unspecified atom stereocenters. The first-order chi connectivity index (χ1) is 17.3. The van der Waals surface area contributed by atoms with Crippen LogP contribution in [-0.4, -0.2) is 94.1 Å². The van der Waals surface area contributed by atoms with E-state index in [1.165, 1.54) is 27.3 Å². The lowest BCUT2D eigenvalue weighted by Crippen LogP contribution is -2.40. The zero-order valence-electron chi connectivity index (χ0n) is 20.7. The summed E-state index contributed by atoms with van der Waals surface area (Å²) in [7, 11) is 1.26. The summed E-state index contributed by atoms with van der Waals surface area (Å²) in [6, 6.07) is 0.0839. The van der Waals surface area contributed by atoms with Crippen LogP contribution in [0.4, 0.5) is 11.8 Å². The third-order valence-electron chi connectivity index (χ3n) is 5.87. The maximum atomic E-state index is 12.1. The molecule has 2 saturated heterocycles. The van der Waals surface area contributed by atoms with Crippen LogP contribution in [0, 0.1) is 0 Å². The Hall–Kier alpha value is -3.07. The average molecular weight is 509 g/mol. The number of aliphatic hydroxyl groups is 1. The molecule has 0 saturated carbocycles. The van der Waals surface area contributed by atoms with Gasteiger partial charge in [0.25, 0.3) is 0 Å². The van der Waals surface area contributed by atoms with Gasteiger partial charge in [0.05, 0.1) is 26.2 Å². The van der Waals surface area contributed by atoms with Crippen LogP contribution in [0.1, 0.15) is 39.8 Å². The van der Waals surface area contributed by atoms with E-state index in [1.807, 2.05) is 6.92 Å². The van der Waals surface area contributed by atoms with E-state index in [4.69, 9.17) is 28.7 Å². The molecule has 0 aromatic carbocycles. The van der Waals surface area contributed by atoms with E-state index in [0.717, 1.165) is 6.42 Å². The smallest absolute Gasteiger partial charge is 0.308 e. The van der Waals surface area contributed by atoms with Gasteiger partial charge in [-0.25, -0.2) is 15.0 Å². The van der Waals surface area contributed by atoms with Crippen molar-refractivity contribution < 1.29 is 38.4 Å². The van der Waals surface area contributed by atoms with Crippen LogP contribution in [0.15, 0.2) is 6.33 Å². The number of fused-ring (bicyclic) bond motifs is 1. The zero-order chi connectivity index (χ0) is 25.8. The van der Waals surface area contributed by atoms with Gasteiger partial charge in [-0.2, -0.15) is 0 Å². The van der Waals surface area contributed by atoms with E-state index in [9.17, 15) is 14.7 Å². The summed E-state index contributed by atoms with van der Waals surface area (Å²) < 4.78 is 29.4. The number of anilines is 2.